The van der Waals surface area contributed by atoms with Gasteiger partial charge in [0, 0.05) is 38.9 Å². The summed E-state index contributed by atoms with van der Waals surface area (Å²) in [6.07, 6.45) is 8.22. The number of amides is 2. The zero-order valence-electron chi connectivity index (χ0n) is 17.3. The molecule has 1 aromatic carbocycles. The monoisotopic (exact) mass is 396 g/mol. The van der Waals surface area contributed by atoms with Gasteiger partial charge in [0.05, 0.1) is 18.5 Å². The molecule has 2 aromatic rings. The SMILES string of the molecule is CCCCCCOc1cccc(CN2CCN(C(=O)Nc3cccnc3)CC2)c1. The van der Waals surface area contributed by atoms with Crippen LogP contribution in [0.4, 0.5) is 10.5 Å². The largest absolute Gasteiger partial charge is 0.494 e. The van der Waals surface area contributed by atoms with Crippen molar-refractivity contribution in [3.05, 3.63) is 54.4 Å². The van der Waals surface area contributed by atoms with Crippen LogP contribution in [-0.2, 0) is 6.54 Å². The van der Waals surface area contributed by atoms with Crippen LogP contribution in [-0.4, -0.2) is 53.6 Å². The van der Waals surface area contributed by atoms with Crippen LogP contribution in [0.2, 0.25) is 0 Å². The van der Waals surface area contributed by atoms with Crippen molar-refractivity contribution in [3.8, 4) is 5.75 Å². The second-order valence-electron chi connectivity index (χ2n) is 7.49. The highest BCUT2D eigenvalue weighted by molar-refractivity contribution is 5.89. The van der Waals surface area contributed by atoms with E-state index in [2.05, 4.69) is 40.3 Å². The summed E-state index contributed by atoms with van der Waals surface area (Å²) in [5.74, 6) is 0.952. The normalized spacial score (nSPS) is 14.6. The standard InChI is InChI=1S/C23H32N4O2/c1-2-3-4-5-16-29-22-10-6-8-20(17-22)19-26-12-14-27(15-13-26)23(28)25-21-9-7-11-24-18-21/h6-11,17-18H,2-5,12-16,19H2,1H3,(H,25,28). The lowest BCUT2D eigenvalue weighted by Gasteiger charge is -2.34. The Morgan fingerprint density at radius 3 is 2.72 bits per heavy atom. The molecule has 1 fully saturated rings. The molecule has 6 nitrogen and oxygen atoms in total. The molecule has 1 aromatic heterocycles. The van der Waals surface area contributed by atoms with Crippen LogP contribution in [0.1, 0.15) is 38.2 Å². The molecule has 0 unspecified atom stereocenters. The average Bonchev–Trinajstić information content (AvgIpc) is 2.75. The molecule has 0 aliphatic carbocycles. The second kappa shape index (κ2) is 11.4. The minimum atomic E-state index is -0.0591. The number of nitrogens with zero attached hydrogens (tertiary/aromatic N) is 3. The van der Waals surface area contributed by atoms with Gasteiger partial charge in [0.1, 0.15) is 5.75 Å². The van der Waals surface area contributed by atoms with Gasteiger partial charge in [-0.2, -0.15) is 0 Å². The second-order valence-corrected chi connectivity index (χ2v) is 7.49. The van der Waals surface area contributed by atoms with Gasteiger partial charge in [-0.05, 0) is 36.2 Å². The summed E-state index contributed by atoms with van der Waals surface area (Å²) in [6, 6.07) is 12.0. The van der Waals surface area contributed by atoms with E-state index in [9.17, 15) is 4.79 Å². The van der Waals surface area contributed by atoms with E-state index >= 15 is 0 Å². The van der Waals surface area contributed by atoms with Crippen molar-refractivity contribution in [1.29, 1.82) is 0 Å². The van der Waals surface area contributed by atoms with Crippen molar-refractivity contribution in [2.45, 2.75) is 39.2 Å². The number of urea groups is 1. The van der Waals surface area contributed by atoms with Gasteiger partial charge < -0.3 is 15.0 Å². The third-order valence-corrected chi connectivity index (χ3v) is 5.14. The zero-order valence-corrected chi connectivity index (χ0v) is 17.3. The molecule has 2 heterocycles. The van der Waals surface area contributed by atoms with Gasteiger partial charge in [0.15, 0.2) is 0 Å². The van der Waals surface area contributed by atoms with Crippen LogP contribution in [0, 0.1) is 0 Å². The first-order valence-corrected chi connectivity index (χ1v) is 10.6. The lowest BCUT2D eigenvalue weighted by molar-refractivity contribution is 0.143. The number of ether oxygens (including phenoxy) is 1. The molecule has 3 rings (SSSR count). The maximum Gasteiger partial charge on any atom is 0.321 e. The Bertz CT molecular complexity index is 746. The number of hydrogen-bond donors (Lipinski definition) is 1. The molecule has 1 aliphatic heterocycles. The number of benzene rings is 1. The number of carbonyl (C=O) groups excluding carboxylic acids is 1. The summed E-state index contributed by atoms with van der Waals surface area (Å²) in [4.78, 5) is 20.7. The van der Waals surface area contributed by atoms with E-state index in [0.717, 1.165) is 57.2 Å². The molecule has 1 N–H and O–H groups in total. The van der Waals surface area contributed by atoms with Crippen molar-refractivity contribution in [2.75, 3.05) is 38.1 Å². The summed E-state index contributed by atoms with van der Waals surface area (Å²) < 4.78 is 5.90. The van der Waals surface area contributed by atoms with Crippen LogP contribution in [0.3, 0.4) is 0 Å². The van der Waals surface area contributed by atoms with Gasteiger partial charge in [-0.3, -0.25) is 9.88 Å². The zero-order chi connectivity index (χ0) is 20.3. The van der Waals surface area contributed by atoms with E-state index in [1.807, 2.05) is 23.1 Å². The summed E-state index contributed by atoms with van der Waals surface area (Å²) in [7, 11) is 0. The minimum Gasteiger partial charge on any atom is -0.494 e. The Kier molecular flexibility index (Phi) is 8.31. The maximum atomic E-state index is 12.4. The van der Waals surface area contributed by atoms with Crippen LogP contribution in [0.5, 0.6) is 5.75 Å². The first-order valence-electron chi connectivity index (χ1n) is 10.6. The number of anilines is 1. The van der Waals surface area contributed by atoms with Gasteiger partial charge in [-0.1, -0.05) is 38.3 Å². The quantitative estimate of drug-likeness (QED) is 0.639. The lowest BCUT2D eigenvalue weighted by Crippen LogP contribution is -2.49. The van der Waals surface area contributed by atoms with E-state index in [1.165, 1.54) is 24.8 Å². The number of hydrogen-bond acceptors (Lipinski definition) is 4. The number of pyridine rings is 1. The molecule has 156 valence electrons. The van der Waals surface area contributed by atoms with Crippen LogP contribution in [0.25, 0.3) is 0 Å². The average molecular weight is 397 g/mol. The number of nitrogens with one attached hydrogen (secondary N) is 1. The Hall–Kier alpha value is -2.60. The highest BCUT2D eigenvalue weighted by Gasteiger charge is 2.21. The fourth-order valence-corrected chi connectivity index (χ4v) is 3.46. The topological polar surface area (TPSA) is 57.7 Å². The minimum absolute atomic E-state index is 0.0591. The Labute approximate surface area is 173 Å². The maximum absolute atomic E-state index is 12.4. The molecule has 2 amide bonds. The van der Waals surface area contributed by atoms with E-state index in [0.29, 0.717) is 0 Å². The predicted octanol–water partition coefficient (Wildman–Crippen LogP) is 4.39. The summed E-state index contributed by atoms with van der Waals surface area (Å²) in [5.41, 5.74) is 1.98. The summed E-state index contributed by atoms with van der Waals surface area (Å²) in [6.45, 7) is 7.06. The molecule has 1 aliphatic rings. The number of aromatic nitrogens is 1. The summed E-state index contributed by atoms with van der Waals surface area (Å²) >= 11 is 0. The fraction of sp³-hybridized carbons (Fsp3) is 0.478. The number of rotatable bonds is 9. The highest BCUT2D eigenvalue weighted by Crippen LogP contribution is 2.17. The fourth-order valence-electron chi connectivity index (χ4n) is 3.46. The van der Waals surface area contributed by atoms with Gasteiger partial charge in [0.2, 0.25) is 0 Å². The molecule has 0 bridgehead atoms. The Morgan fingerprint density at radius 2 is 1.97 bits per heavy atom. The van der Waals surface area contributed by atoms with Gasteiger partial charge in [-0.25, -0.2) is 4.79 Å². The van der Waals surface area contributed by atoms with Gasteiger partial charge >= 0.3 is 6.03 Å². The predicted molar refractivity (Wildman–Crippen MR) is 116 cm³/mol. The first-order chi connectivity index (χ1) is 14.2. The number of carbonyl (C=O) groups is 1. The Morgan fingerprint density at radius 1 is 1.10 bits per heavy atom. The molecular weight excluding hydrogens is 364 g/mol. The Balaban J connectivity index is 1.41. The van der Waals surface area contributed by atoms with Crippen LogP contribution < -0.4 is 10.1 Å². The van der Waals surface area contributed by atoms with E-state index in [1.54, 1.807) is 12.4 Å². The number of unbranched alkanes of at least 4 members (excludes halogenated alkanes) is 3. The number of piperazine rings is 1. The van der Waals surface area contributed by atoms with Crippen molar-refractivity contribution in [1.82, 2.24) is 14.8 Å². The van der Waals surface area contributed by atoms with Crippen molar-refractivity contribution < 1.29 is 9.53 Å². The smallest absolute Gasteiger partial charge is 0.321 e. The third-order valence-electron chi connectivity index (χ3n) is 5.14. The van der Waals surface area contributed by atoms with Crippen molar-refractivity contribution in [2.24, 2.45) is 0 Å². The molecule has 29 heavy (non-hydrogen) atoms. The third kappa shape index (κ3) is 7.06. The van der Waals surface area contributed by atoms with Crippen molar-refractivity contribution >= 4 is 11.7 Å². The highest BCUT2D eigenvalue weighted by atomic mass is 16.5. The first kappa shape index (κ1) is 21.1. The van der Waals surface area contributed by atoms with E-state index in [-0.39, 0.29) is 6.03 Å². The van der Waals surface area contributed by atoms with Gasteiger partial charge in [-0.15, -0.1) is 0 Å². The lowest BCUT2D eigenvalue weighted by atomic mass is 10.2. The molecular formula is C23H32N4O2. The van der Waals surface area contributed by atoms with E-state index in [4.69, 9.17) is 4.74 Å². The van der Waals surface area contributed by atoms with E-state index < -0.39 is 0 Å². The molecule has 1 saturated heterocycles. The van der Waals surface area contributed by atoms with Crippen molar-refractivity contribution in [3.63, 3.8) is 0 Å². The summed E-state index contributed by atoms with van der Waals surface area (Å²) in [5, 5.41) is 2.91. The molecule has 0 radical (unpaired) electrons. The molecule has 0 atom stereocenters. The van der Waals surface area contributed by atoms with Crippen LogP contribution >= 0.6 is 0 Å². The van der Waals surface area contributed by atoms with Crippen LogP contribution in [0.15, 0.2) is 48.8 Å². The molecule has 0 saturated carbocycles. The molecule has 6 heteroatoms. The van der Waals surface area contributed by atoms with Gasteiger partial charge in [0.25, 0.3) is 0 Å². The molecule has 0 spiro atoms.